The second-order valence-corrected chi connectivity index (χ2v) is 6.79. The van der Waals surface area contributed by atoms with Crippen molar-refractivity contribution in [2.24, 2.45) is 0 Å². The Labute approximate surface area is 118 Å². The summed E-state index contributed by atoms with van der Waals surface area (Å²) >= 11 is 0. The van der Waals surface area contributed by atoms with E-state index in [1.807, 2.05) is 31.2 Å². The molecule has 20 heavy (non-hydrogen) atoms. The first kappa shape index (κ1) is 14.8. The number of anilines is 1. The van der Waals surface area contributed by atoms with Gasteiger partial charge in [-0.2, -0.15) is 4.31 Å². The smallest absolute Gasteiger partial charge is 0.320 e. The molecule has 6 nitrogen and oxygen atoms in total. The lowest BCUT2D eigenvalue weighted by atomic mass is 10.1. The average Bonchev–Trinajstić information content (AvgIpc) is 2.38. The molecule has 0 aliphatic carbocycles. The van der Waals surface area contributed by atoms with Crippen LogP contribution >= 0.6 is 0 Å². The highest BCUT2D eigenvalue weighted by molar-refractivity contribution is 7.89. The molecule has 0 amide bonds. The van der Waals surface area contributed by atoms with Crippen molar-refractivity contribution in [3.05, 3.63) is 29.8 Å². The number of benzene rings is 1. The average molecular weight is 298 g/mol. The van der Waals surface area contributed by atoms with Gasteiger partial charge in [-0.3, -0.25) is 4.79 Å². The van der Waals surface area contributed by atoms with Crippen LogP contribution in [0.2, 0.25) is 0 Å². The first-order valence-electron chi connectivity index (χ1n) is 6.40. The van der Waals surface area contributed by atoms with Crippen LogP contribution in [0.3, 0.4) is 0 Å². The first-order valence-corrected chi connectivity index (χ1v) is 8.01. The molecule has 1 aromatic carbocycles. The number of nitrogens with zero attached hydrogens (tertiary/aromatic N) is 2. The van der Waals surface area contributed by atoms with Crippen LogP contribution in [0.1, 0.15) is 5.56 Å². The standard InChI is InChI=1S/C13H18N2O4S/c1-11-4-2-3-5-12(11)14-6-8-15(9-7-14)20(18,19)10-13(16)17/h2-5H,6-10H2,1H3,(H,16,17). The van der Waals surface area contributed by atoms with Crippen LogP contribution in [0.4, 0.5) is 5.69 Å². The van der Waals surface area contributed by atoms with Gasteiger partial charge < -0.3 is 10.0 Å². The predicted octanol–water partition coefficient (Wildman–Crippen LogP) is 0.531. The third kappa shape index (κ3) is 3.29. The van der Waals surface area contributed by atoms with Crippen molar-refractivity contribution in [2.45, 2.75) is 6.92 Å². The van der Waals surface area contributed by atoms with Crippen molar-refractivity contribution in [1.29, 1.82) is 0 Å². The first-order chi connectivity index (χ1) is 9.40. The van der Waals surface area contributed by atoms with Gasteiger partial charge in [-0.05, 0) is 18.6 Å². The number of aryl methyl sites for hydroxylation is 1. The Morgan fingerprint density at radius 3 is 2.35 bits per heavy atom. The van der Waals surface area contributed by atoms with E-state index in [-0.39, 0.29) is 0 Å². The maximum Gasteiger partial charge on any atom is 0.320 e. The molecule has 0 bridgehead atoms. The highest BCUT2D eigenvalue weighted by Gasteiger charge is 2.29. The van der Waals surface area contributed by atoms with Gasteiger partial charge in [0.15, 0.2) is 5.75 Å². The molecule has 0 atom stereocenters. The molecule has 2 rings (SSSR count). The van der Waals surface area contributed by atoms with Crippen molar-refractivity contribution >= 4 is 21.7 Å². The zero-order valence-corrected chi connectivity index (χ0v) is 12.1. The SMILES string of the molecule is Cc1ccccc1N1CCN(S(=O)(=O)CC(=O)O)CC1. The number of sulfonamides is 1. The summed E-state index contributed by atoms with van der Waals surface area (Å²) in [6, 6.07) is 7.95. The topological polar surface area (TPSA) is 77.9 Å². The van der Waals surface area contributed by atoms with Crippen LogP contribution in [0.5, 0.6) is 0 Å². The summed E-state index contributed by atoms with van der Waals surface area (Å²) in [5.41, 5.74) is 2.25. The Balaban J connectivity index is 2.03. The zero-order chi connectivity index (χ0) is 14.8. The fraction of sp³-hybridized carbons (Fsp3) is 0.462. The summed E-state index contributed by atoms with van der Waals surface area (Å²) < 4.78 is 24.9. The van der Waals surface area contributed by atoms with E-state index in [0.717, 1.165) is 11.3 Å². The quantitative estimate of drug-likeness (QED) is 0.877. The Morgan fingerprint density at radius 1 is 1.20 bits per heavy atom. The molecule has 0 saturated carbocycles. The van der Waals surface area contributed by atoms with Gasteiger partial charge in [0.2, 0.25) is 10.0 Å². The number of para-hydroxylation sites is 1. The molecule has 1 heterocycles. The van der Waals surface area contributed by atoms with Crippen molar-refractivity contribution in [3.63, 3.8) is 0 Å². The van der Waals surface area contributed by atoms with E-state index in [4.69, 9.17) is 5.11 Å². The van der Waals surface area contributed by atoms with Crippen LogP contribution in [0.15, 0.2) is 24.3 Å². The molecule has 1 aromatic rings. The minimum Gasteiger partial charge on any atom is -0.480 e. The normalized spacial score (nSPS) is 17.1. The summed E-state index contributed by atoms with van der Waals surface area (Å²) in [5, 5.41) is 8.63. The summed E-state index contributed by atoms with van der Waals surface area (Å²) in [6.45, 7) is 3.81. The summed E-state index contributed by atoms with van der Waals surface area (Å²) in [6.07, 6.45) is 0. The van der Waals surface area contributed by atoms with E-state index in [1.54, 1.807) is 0 Å². The molecule has 0 aromatic heterocycles. The van der Waals surface area contributed by atoms with E-state index in [2.05, 4.69) is 4.90 Å². The van der Waals surface area contributed by atoms with Crippen LogP contribution in [-0.4, -0.2) is 55.7 Å². The van der Waals surface area contributed by atoms with E-state index in [0.29, 0.717) is 26.2 Å². The lowest BCUT2D eigenvalue weighted by Crippen LogP contribution is -2.50. The Hall–Kier alpha value is -1.60. The van der Waals surface area contributed by atoms with Crippen molar-refractivity contribution in [1.82, 2.24) is 4.31 Å². The van der Waals surface area contributed by atoms with Gasteiger partial charge >= 0.3 is 5.97 Å². The predicted molar refractivity (Wildman–Crippen MR) is 76.4 cm³/mol. The molecule has 0 unspecified atom stereocenters. The molecule has 1 saturated heterocycles. The van der Waals surface area contributed by atoms with Gasteiger partial charge in [-0.25, -0.2) is 8.42 Å². The van der Waals surface area contributed by atoms with Gasteiger partial charge in [0, 0.05) is 31.9 Å². The fourth-order valence-corrected chi connectivity index (χ4v) is 3.59. The molecular weight excluding hydrogens is 280 g/mol. The number of hydrogen-bond donors (Lipinski definition) is 1. The van der Waals surface area contributed by atoms with Crippen molar-refractivity contribution < 1.29 is 18.3 Å². The Bertz CT molecular complexity index is 592. The van der Waals surface area contributed by atoms with Crippen molar-refractivity contribution in [3.8, 4) is 0 Å². The third-order valence-electron chi connectivity index (χ3n) is 3.39. The highest BCUT2D eigenvalue weighted by Crippen LogP contribution is 2.21. The van der Waals surface area contributed by atoms with E-state index in [1.165, 1.54) is 4.31 Å². The molecule has 110 valence electrons. The number of hydrogen-bond acceptors (Lipinski definition) is 4. The van der Waals surface area contributed by atoms with E-state index < -0.39 is 21.7 Å². The molecule has 1 aliphatic heterocycles. The third-order valence-corrected chi connectivity index (χ3v) is 5.16. The lowest BCUT2D eigenvalue weighted by Gasteiger charge is -2.35. The molecular formula is C13H18N2O4S. The molecule has 1 fully saturated rings. The van der Waals surface area contributed by atoms with Gasteiger partial charge in [0.1, 0.15) is 0 Å². The minimum atomic E-state index is -3.69. The van der Waals surface area contributed by atoms with Gasteiger partial charge in [0.25, 0.3) is 0 Å². The van der Waals surface area contributed by atoms with Gasteiger partial charge in [-0.1, -0.05) is 18.2 Å². The molecule has 7 heteroatoms. The van der Waals surface area contributed by atoms with Crippen LogP contribution in [0.25, 0.3) is 0 Å². The van der Waals surface area contributed by atoms with Crippen LogP contribution in [-0.2, 0) is 14.8 Å². The summed E-state index contributed by atoms with van der Waals surface area (Å²) in [5.74, 6) is -2.15. The molecule has 0 spiro atoms. The van der Waals surface area contributed by atoms with Crippen LogP contribution in [0, 0.1) is 6.92 Å². The maximum atomic E-state index is 11.8. The minimum absolute atomic E-state index is 0.323. The van der Waals surface area contributed by atoms with Crippen molar-refractivity contribution in [2.75, 3.05) is 36.8 Å². The van der Waals surface area contributed by atoms with Gasteiger partial charge in [0.05, 0.1) is 0 Å². The number of carboxylic acid groups (broad SMARTS) is 1. The number of carboxylic acids is 1. The lowest BCUT2D eigenvalue weighted by molar-refractivity contribution is -0.134. The largest absolute Gasteiger partial charge is 0.480 e. The van der Waals surface area contributed by atoms with Crippen LogP contribution < -0.4 is 4.90 Å². The molecule has 0 radical (unpaired) electrons. The fourth-order valence-electron chi connectivity index (χ4n) is 2.37. The van der Waals surface area contributed by atoms with Gasteiger partial charge in [-0.15, -0.1) is 0 Å². The maximum absolute atomic E-state index is 11.8. The number of rotatable bonds is 4. The highest BCUT2D eigenvalue weighted by atomic mass is 32.2. The Morgan fingerprint density at radius 2 is 1.80 bits per heavy atom. The number of piperazine rings is 1. The summed E-state index contributed by atoms with van der Waals surface area (Å²) in [4.78, 5) is 12.7. The molecule has 1 aliphatic rings. The zero-order valence-electron chi connectivity index (χ0n) is 11.3. The Kier molecular flexibility index (Phi) is 4.29. The summed E-state index contributed by atoms with van der Waals surface area (Å²) in [7, 11) is -3.69. The number of carbonyl (C=O) groups is 1. The molecule has 1 N–H and O–H groups in total. The number of aliphatic carboxylic acids is 1. The van der Waals surface area contributed by atoms with E-state index in [9.17, 15) is 13.2 Å². The second kappa shape index (κ2) is 5.80. The monoisotopic (exact) mass is 298 g/mol. The second-order valence-electron chi connectivity index (χ2n) is 4.82. The van der Waals surface area contributed by atoms with E-state index >= 15 is 0 Å².